The summed E-state index contributed by atoms with van der Waals surface area (Å²) in [5.41, 5.74) is 1.21. The first kappa shape index (κ1) is 22.5. The SMILES string of the molecule is CC(C)COc1ccc(C(O)=C2C(=O)C(=O)N(CCN(C)C)C2c2cccnc2)cc1. The van der Waals surface area contributed by atoms with Gasteiger partial charge in [-0.15, -0.1) is 0 Å². The molecule has 1 aliphatic heterocycles. The maximum Gasteiger partial charge on any atom is 0.295 e. The predicted molar refractivity (Wildman–Crippen MR) is 119 cm³/mol. The van der Waals surface area contributed by atoms with E-state index >= 15 is 0 Å². The number of hydrogen-bond donors (Lipinski definition) is 1. The average Bonchev–Trinajstić information content (AvgIpc) is 3.01. The number of ether oxygens (including phenoxy) is 1. The van der Waals surface area contributed by atoms with E-state index in [0.717, 1.165) is 0 Å². The maximum atomic E-state index is 12.9. The molecule has 1 unspecified atom stereocenters. The number of benzene rings is 1. The fourth-order valence-electron chi connectivity index (χ4n) is 3.43. The molecular formula is C24H29N3O4. The Kier molecular flexibility index (Phi) is 7.07. The van der Waals surface area contributed by atoms with Gasteiger partial charge in [-0.05, 0) is 55.9 Å². The van der Waals surface area contributed by atoms with Crippen LogP contribution in [0.25, 0.3) is 5.76 Å². The van der Waals surface area contributed by atoms with Gasteiger partial charge in [0.05, 0.1) is 18.2 Å². The van der Waals surface area contributed by atoms with E-state index < -0.39 is 17.7 Å². The van der Waals surface area contributed by atoms with Gasteiger partial charge in [-0.25, -0.2) is 0 Å². The van der Waals surface area contributed by atoms with Crippen LogP contribution in [0.1, 0.15) is 31.0 Å². The maximum absolute atomic E-state index is 12.9. The zero-order valence-corrected chi connectivity index (χ0v) is 18.4. The molecule has 7 nitrogen and oxygen atoms in total. The Balaban J connectivity index is 2.00. The first-order valence-corrected chi connectivity index (χ1v) is 10.4. The van der Waals surface area contributed by atoms with Crippen molar-refractivity contribution in [3.8, 4) is 5.75 Å². The summed E-state index contributed by atoms with van der Waals surface area (Å²) in [5, 5.41) is 11.1. The number of aromatic nitrogens is 1. The molecule has 1 aromatic heterocycles. The molecule has 0 saturated carbocycles. The Morgan fingerprint density at radius 3 is 2.48 bits per heavy atom. The highest BCUT2D eigenvalue weighted by atomic mass is 16.5. The average molecular weight is 424 g/mol. The molecule has 1 atom stereocenters. The number of Topliss-reactive ketones (excluding diaryl/α,β-unsaturated/α-hetero) is 1. The third-order valence-corrected chi connectivity index (χ3v) is 5.04. The van der Waals surface area contributed by atoms with Gasteiger partial charge in [-0.3, -0.25) is 14.6 Å². The second kappa shape index (κ2) is 9.75. The molecule has 2 heterocycles. The Morgan fingerprint density at radius 2 is 1.90 bits per heavy atom. The molecule has 1 saturated heterocycles. The number of carbonyl (C=O) groups excluding carboxylic acids is 2. The molecule has 1 aromatic carbocycles. The number of pyridine rings is 1. The molecule has 31 heavy (non-hydrogen) atoms. The lowest BCUT2D eigenvalue weighted by molar-refractivity contribution is -0.140. The van der Waals surface area contributed by atoms with Crippen molar-refractivity contribution in [3.05, 3.63) is 65.5 Å². The highest BCUT2D eigenvalue weighted by molar-refractivity contribution is 6.46. The lowest BCUT2D eigenvalue weighted by Crippen LogP contribution is -2.35. The van der Waals surface area contributed by atoms with Gasteiger partial charge in [0.2, 0.25) is 0 Å². The molecule has 0 spiro atoms. The first-order valence-electron chi connectivity index (χ1n) is 10.4. The van der Waals surface area contributed by atoms with Gasteiger partial charge in [-0.2, -0.15) is 0 Å². The summed E-state index contributed by atoms with van der Waals surface area (Å²) in [7, 11) is 3.80. The predicted octanol–water partition coefficient (Wildman–Crippen LogP) is 3.10. The van der Waals surface area contributed by atoms with Crippen LogP contribution in [0.4, 0.5) is 0 Å². The van der Waals surface area contributed by atoms with Crippen LogP contribution < -0.4 is 4.74 Å². The smallest absolute Gasteiger partial charge is 0.295 e. The topological polar surface area (TPSA) is 83.0 Å². The number of ketones is 1. The molecule has 7 heteroatoms. The molecule has 1 fully saturated rings. The van der Waals surface area contributed by atoms with Crippen LogP contribution >= 0.6 is 0 Å². The minimum Gasteiger partial charge on any atom is -0.507 e. The van der Waals surface area contributed by atoms with E-state index in [-0.39, 0.29) is 11.3 Å². The largest absolute Gasteiger partial charge is 0.507 e. The molecule has 0 radical (unpaired) electrons. The van der Waals surface area contributed by atoms with Crippen LogP contribution in [0.5, 0.6) is 5.75 Å². The molecule has 1 amide bonds. The van der Waals surface area contributed by atoms with Crippen LogP contribution in [0.15, 0.2) is 54.4 Å². The second-order valence-electron chi connectivity index (χ2n) is 8.31. The quantitative estimate of drug-likeness (QED) is 0.399. The Bertz CT molecular complexity index is 953. The summed E-state index contributed by atoms with van der Waals surface area (Å²) in [6.07, 6.45) is 3.25. The Hall–Kier alpha value is -3.19. The molecule has 1 N–H and O–H groups in total. The normalized spacial score (nSPS) is 18.3. The van der Waals surface area contributed by atoms with E-state index in [0.29, 0.717) is 42.5 Å². The molecular weight excluding hydrogens is 394 g/mol. The molecule has 0 bridgehead atoms. The fourth-order valence-corrected chi connectivity index (χ4v) is 3.43. The van der Waals surface area contributed by atoms with Crippen molar-refractivity contribution >= 4 is 17.4 Å². The first-order chi connectivity index (χ1) is 14.8. The number of likely N-dealkylation sites (tertiary alicyclic amines) is 1. The van der Waals surface area contributed by atoms with Gasteiger partial charge >= 0.3 is 0 Å². The molecule has 164 valence electrons. The van der Waals surface area contributed by atoms with E-state index in [4.69, 9.17) is 4.74 Å². The van der Waals surface area contributed by atoms with Gasteiger partial charge in [0.1, 0.15) is 11.5 Å². The second-order valence-corrected chi connectivity index (χ2v) is 8.31. The third-order valence-electron chi connectivity index (χ3n) is 5.04. The molecule has 2 aromatic rings. The number of hydrogen-bond acceptors (Lipinski definition) is 6. The molecule has 0 aliphatic carbocycles. The van der Waals surface area contributed by atoms with Gasteiger partial charge in [0.15, 0.2) is 0 Å². The molecule has 1 aliphatic rings. The minimum absolute atomic E-state index is 0.0765. The number of aliphatic hydroxyl groups is 1. The Morgan fingerprint density at radius 1 is 1.19 bits per heavy atom. The Labute approximate surface area is 183 Å². The summed E-state index contributed by atoms with van der Waals surface area (Å²) in [6.45, 7) is 5.66. The number of nitrogens with zero attached hydrogens (tertiary/aromatic N) is 3. The van der Waals surface area contributed by atoms with Gasteiger partial charge < -0.3 is 19.6 Å². The van der Waals surface area contributed by atoms with Crippen molar-refractivity contribution in [2.45, 2.75) is 19.9 Å². The summed E-state index contributed by atoms with van der Waals surface area (Å²) < 4.78 is 5.69. The fraction of sp³-hybridized carbons (Fsp3) is 0.375. The zero-order valence-electron chi connectivity index (χ0n) is 18.4. The lowest BCUT2D eigenvalue weighted by atomic mass is 9.96. The van der Waals surface area contributed by atoms with Crippen LogP contribution in [-0.2, 0) is 9.59 Å². The van der Waals surface area contributed by atoms with Gasteiger partial charge in [0, 0.05) is 31.0 Å². The minimum atomic E-state index is -0.690. The van der Waals surface area contributed by atoms with Crippen molar-refractivity contribution < 1.29 is 19.4 Å². The van der Waals surface area contributed by atoms with E-state index in [2.05, 4.69) is 18.8 Å². The van der Waals surface area contributed by atoms with Gasteiger partial charge in [-0.1, -0.05) is 19.9 Å². The van der Waals surface area contributed by atoms with E-state index in [1.807, 2.05) is 25.1 Å². The number of carbonyl (C=O) groups is 2. The number of likely N-dealkylation sites (N-methyl/N-ethyl adjacent to an activating group) is 1. The lowest BCUT2D eigenvalue weighted by Gasteiger charge is -2.26. The third kappa shape index (κ3) is 5.11. The van der Waals surface area contributed by atoms with Crippen molar-refractivity contribution in [1.82, 2.24) is 14.8 Å². The zero-order chi connectivity index (χ0) is 22.5. The van der Waals surface area contributed by atoms with Crippen molar-refractivity contribution in [2.75, 3.05) is 33.8 Å². The highest BCUT2D eigenvalue weighted by Gasteiger charge is 2.45. The number of aliphatic hydroxyl groups excluding tert-OH is 1. The van der Waals surface area contributed by atoms with Crippen molar-refractivity contribution in [1.29, 1.82) is 0 Å². The monoisotopic (exact) mass is 423 g/mol. The van der Waals surface area contributed by atoms with Crippen LogP contribution in [-0.4, -0.2) is 65.4 Å². The van der Waals surface area contributed by atoms with E-state index in [1.54, 1.807) is 42.7 Å². The van der Waals surface area contributed by atoms with Crippen molar-refractivity contribution in [2.24, 2.45) is 5.92 Å². The summed E-state index contributed by atoms with van der Waals surface area (Å²) in [5.74, 6) is -0.430. The van der Waals surface area contributed by atoms with E-state index in [9.17, 15) is 14.7 Å². The summed E-state index contributed by atoms with van der Waals surface area (Å²) in [6, 6.07) is 9.75. The summed E-state index contributed by atoms with van der Waals surface area (Å²) >= 11 is 0. The van der Waals surface area contributed by atoms with Crippen LogP contribution in [0, 0.1) is 5.92 Å². The van der Waals surface area contributed by atoms with Crippen LogP contribution in [0.3, 0.4) is 0 Å². The molecule has 3 rings (SSSR count). The van der Waals surface area contributed by atoms with Gasteiger partial charge in [0.25, 0.3) is 11.7 Å². The standard InChI is InChI=1S/C24H29N3O4/c1-16(2)15-31-19-9-7-17(8-10-19)22(28)20-21(18-6-5-11-25-14-18)27(13-12-26(3)4)24(30)23(20)29/h5-11,14,16,21,28H,12-13,15H2,1-4H3. The van der Waals surface area contributed by atoms with E-state index in [1.165, 1.54) is 4.90 Å². The van der Waals surface area contributed by atoms with Crippen LogP contribution in [0.2, 0.25) is 0 Å². The number of rotatable bonds is 8. The summed E-state index contributed by atoms with van der Waals surface area (Å²) in [4.78, 5) is 33.3. The highest BCUT2D eigenvalue weighted by Crippen LogP contribution is 2.39. The number of amides is 1. The van der Waals surface area contributed by atoms with Crippen molar-refractivity contribution in [3.63, 3.8) is 0 Å².